The third-order valence-electron chi connectivity index (χ3n) is 5.36. The molecule has 3 rings (SSSR count). The molecule has 0 aromatic rings. The molecular formula is C20H25I. The van der Waals surface area contributed by atoms with E-state index in [9.17, 15) is 0 Å². The van der Waals surface area contributed by atoms with E-state index in [0.717, 1.165) is 18.3 Å². The van der Waals surface area contributed by atoms with Gasteiger partial charge in [0.1, 0.15) is 0 Å². The van der Waals surface area contributed by atoms with Crippen molar-refractivity contribution in [1.82, 2.24) is 0 Å². The first-order valence-corrected chi connectivity index (χ1v) is 9.37. The number of fused-ring (bicyclic) bond motifs is 2. The van der Waals surface area contributed by atoms with Crippen LogP contribution in [0, 0.1) is 23.7 Å². The predicted molar refractivity (Wildman–Crippen MR) is 100 cm³/mol. The van der Waals surface area contributed by atoms with Crippen LogP contribution in [0.3, 0.4) is 0 Å². The highest BCUT2D eigenvalue weighted by atomic mass is 127. The zero-order chi connectivity index (χ0) is 14.8. The lowest BCUT2D eigenvalue weighted by molar-refractivity contribution is 0.226. The van der Waals surface area contributed by atoms with Crippen LogP contribution in [0.25, 0.3) is 0 Å². The van der Waals surface area contributed by atoms with Gasteiger partial charge in [0.15, 0.2) is 0 Å². The number of allylic oxidation sites excluding steroid dienone is 9. The van der Waals surface area contributed by atoms with Crippen LogP contribution >= 0.6 is 22.6 Å². The summed E-state index contributed by atoms with van der Waals surface area (Å²) in [5.41, 5.74) is 3.34. The van der Waals surface area contributed by atoms with Crippen molar-refractivity contribution >= 4 is 22.6 Å². The first-order chi connectivity index (χ1) is 10.3. The van der Waals surface area contributed by atoms with Gasteiger partial charge in [-0.25, -0.2) is 0 Å². The smallest absolute Gasteiger partial charge is 0.00807 e. The zero-order valence-corrected chi connectivity index (χ0v) is 15.1. The Labute approximate surface area is 142 Å². The van der Waals surface area contributed by atoms with Crippen molar-refractivity contribution in [2.75, 3.05) is 0 Å². The van der Waals surface area contributed by atoms with Gasteiger partial charge in [-0.1, -0.05) is 49.0 Å². The van der Waals surface area contributed by atoms with Crippen molar-refractivity contribution in [3.05, 3.63) is 57.8 Å². The van der Waals surface area contributed by atoms with Gasteiger partial charge in [-0.05, 0) is 81.6 Å². The van der Waals surface area contributed by atoms with Crippen molar-refractivity contribution in [1.29, 1.82) is 0 Å². The summed E-state index contributed by atoms with van der Waals surface area (Å²) in [4.78, 5) is 0. The second-order valence-corrected chi connectivity index (χ2v) is 7.84. The Kier molecular flexibility index (Phi) is 4.88. The molecule has 0 aromatic carbocycles. The summed E-state index contributed by atoms with van der Waals surface area (Å²) in [5.74, 6) is 2.70. The van der Waals surface area contributed by atoms with E-state index in [1.165, 1.54) is 25.7 Å². The van der Waals surface area contributed by atoms with Crippen LogP contribution in [0.1, 0.15) is 39.0 Å². The second kappa shape index (κ2) is 6.68. The molecule has 0 fully saturated rings. The van der Waals surface area contributed by atoms with E-state index in [-0.39, 0.29) is 0 Å². The number of halogens is 1. The highest BCUT2D eigenvalue weighted by Gasteiger charge is 2.42. The van der Waals surface area contributed by atoms with Crippen LogP contribution in [0.2, 0.25) is 0 Å². The molecule has 0 heterocycles. The van der Waals surface area contributed by atoms with E-state index in [1.807, 2.05) is 0 Å². The van der Waals surface area contributed by atoms with Gasteiger partial charge in [-0.3, -0.25) is 0 Å². The quantitative estimate of drug-likeness (QED) is 0.386. The van der Waals surface area contributed by atoms with Gasteiger partial charge in [0.2, 0.25) is 0 Å². The monoisotopic (exact) mass is 392 g/mol. The van der Waals surface area contributed by atoms with Crippen LogP contribution in [-0.4, -0.2) is 0 Å². The number of hydrogen-bond donors (Lipinski definition) is 0. The molecule has 0 radical (unpaired) electrons. The normalized spacial score (nSPS) is 35.4. The first kappa shape index (κ1) is 15.3. The van der Waals surface area contributed by atoms with E-state index in [2.05, 4.69) is 72.5 Å². The van der Waals surface area contributed by atoms with Crippen LogP contribution in [0.5, 0.6) is 0 Å². The molecule has 0 aromatic heterocycles. The highest BCUT2D eigenvalue weighted by Crippen LogP contribution is 2.52. The molecule has 1 heteroatoms. The lowest BCUT2D eigenvalue weighted by Gasteiger charge is -2.46. The summed E-state index contributed by atoms with van der Waals surface area (Å²) >= 11 is 2.54. The summed E-state index contributed by atoms with van der Waals surface area (Å²) in [6.45, 7) is 6.40. The Bertz CT molecular complexity index is 532. The summed E-state index contributed by atoms with van der Waals surface area (Å²) < 4.78 is 1.56. The molecule has 0 amide bonds. The Morgan fingerprint density at radius 2 is 2.29 bits per heavy atom. The summed E-state index contributed by atoms with van der Waals surface area (Å²) in [7, 11) is 0. The molecule has 0 N–H and O–H groups in total. The maximum atomic E-state index is 4.17. The van der Waals surface area contributed by atoms with Gasteiger partial charge >= 0.3 is 0 Å². The van der Waals surface area contributed by atoms with Crippen molar-refractivity contribution in [3.8, 4) is 0 Å². The summed E-state index contributed by atoms with van der Waals surface area (Å²) in [6.07, 6.45) is 20.4. The minimum atomic E-state index is 0.518. The molecule has 0 bridgehead atoms. The van der Waals surface area contributed by atoms with Crippen LogP contribution in [0.4, 0.5) is 0 Å². The molecule has 0 saturated heterocycles. The fourth-order valence-corrected chi connectivity index (χ4v) is 5.15. The van der Waals surface area contributed by atoms with Crippen molar-refractivity contribution in [2.24, 2.45) is 23.7 Å². The van der Waals surface area contributed by atoms with Gasteiger partial charge in [0, 0.05) is 5.92 Å². The molecule has 3 aliphatic carbocycles. The van der Waals surface area contributed by atoms with E-state index >= 15 is 0 Å². The highest BCUT2D eigenvalue weighted by molar-refractivity contribution is 14.1. The van der Waals surface area contributed by atoms with Crippen LogP contribution in [0.15, 0.2) is 57.8 Å². The van der Waals surface area contributed by atoms with Crippen molar-refractivity contribution in [3.63, 3.8) is 0 Å². The predicted octanol–water partition coefficient (Wildman–Crippen LogP) is 6.38. The molecule has 21 heavy (non-hydrogen) atoms. The van der Waals surface area contributed by atoms with E-state index in [0.29, 0.717) is 11.8 Å². The van der Waals surface area contributed by atoms with Gasteiger partial charge < -0.3 is 0 Å². The Hall–Kier alpha value is -0.570. The maximum Gasteiger partial charge on any atom is 0.00807 e. The molecule has 3 unspecified atom stereocenters. The minimum Gasteiger partial charge on any atom is -0.102 e. The van der Waals surface area contributed by atoms with Gasteiger partial charge in [-0.2, -0.15) is 0 Å². The standard InChI is InChI=1S/C20H25I/c1-3-5-8-16-15(4-2)17-9-6-7-10-18(17)20-13-14(21)11-12-19(16)20/h4-6,8-9,11,15-16,19-20H,2-3,7,10,12-13H2,1H3/b8-5-/t15-,16?,19?,20?/m0/s1. The lowest BCUT2D eigenvalue weighted by atomic mass is 9.59. The van der Waals surface area contributed by atoms with E-state index < -0.39 is 0 Å². The Balaban J connectivity index is 2.05. The number of rotatable bonds is 3. The lowest BCUT2D eigenvalue weighted by Crippen LogP contribution is -2.37. The maximum absolute atomic E-state index is 4.17. The molecular weight excluding hydrogens is 367 g/mol. The largest absolute Gasteiger partial charge is 0.102 e. The van der Waals surface area contributed by atoms with E-state index in [4.69, 9.17) is 0 Å². The molecule has 4 atom stereocenters. The Morgan fingerprint density at radius 1 is 1.43 bits per heavy atom. The minimum absolute atomic E-state index is 0.518. The van der Waals surface area contributed by atoms with Crippen LogP contribution in [-0.2, 0) is 0 Å². The van der Waals surface area contributed by atoms with Crippen LogP contribution < -0.4 is 0 Å². The number of hydrogen-bond acceptors (Lipinski definition) is 0. The molecule has 0 aliphatic heterocycles. The van der Waals surface area contributed by atoms with Gasteiger partial charge in [0.05, 0.1) is 0 Å². The molecule has 0 nitrogen and oxygen atoms in total. The van der Waals surface area contributed by atoms with E-state index in [1.54, 1.807) is 14.7 Å². The third kappa shape index (κ3) is 2.86. The van der Waals surface area contributed by atoms with Crippen molar-refractivity contribution in [2.45, 2.75) is 39.0 Å². The third-order valence-corrected chi connectivity index (χ3v) is 6.24. The fraction of sp³-hybridized carbons (Fsp3) is 0.500. The average molecular weight is 392 g/mol. The van der Waals surface area contributed by atoms with Gasteiger partial charge in [0.25, 0.3) is 0 Å². The molecule has 112 valence electrons. The fourth-order valence-electron chi connectivity index (χ4n) is 4.42. The summed E-state index contributed by atoms with van der Waals surface area (Å²) in [5, 5.41) is 0. The zero-order valence-electron chi connectivity index (χ0n) is 12.9. The average Bonchev–Trinajstić information content (AvgIpc) is 2.52. The van der Waals surface area contributed by atoms with Crippen molar-refractivity contribution < 1.29 is 0 Å². The molecule has 3 aliphatic rings. The second-order valence-electron chi connectivity index (χ2n) is 6.46. The molecule has 0 spiro atoms. The topological polar surface area (TPSA) is 0 Å². The first-order valence-electron chi connectivity index (χ1n) is 8.29. The molecule has 0 saturated carbocycles. The Morgan fingerprint density at radius 3 is 3.05 bits per heavy atom. The summed E-state index contributed by atoms with van der Waals surface area (Å²) in [6, 6.07) is 0. The van der Waals surface area contributed by atoms with Gasteiger partial charge in [-0.15, -0.1) is 6.58 Å². The SMILES string of the molecule is C=C[C@@H]1C2=C(CCC=C2)C2CC(I)=CCC2C1/C=C\CC.